The number of nitrogen functional groups attached to an aromatic ring is 1. The van der Waals surface area contributed by atoms with Crippen LogP contribution in [0.15, 0.2) is 36.5 Å². The van der Waals surface area contributed by atoms with Crippen molar-refractivity contribution in [2.45, 2.75) is 6.61 Å². The van der Waals surface area contributed by atoms with Gasteiger partial charge in [-0.1, -0.05) is 29.8 Å². The van der Waals surface area contributed by atoms with Gasteiger partial charge in [0.15, 0.2) is 0 Å². The molecule has 98 valence electrons. The van der Waals surface area contributed by atoms with Gasteiger partial charge in [0.05, 0.1) is 5.56 Å². The van der Waals surface area contributed by atoms with Crippen molar-refractivity contribution in [3.05, 3.63) is 52.7 Å². The number of aromatic nitrogens is 1. The summed E-state index contributed by atoms with van der Waals surface area (Å²) in [5, 5.41) is 9.50. The minimum absolute atomic E-state index is 0.00190. The number of nitrogens with zero attached hydrogens (tertiary/aromatic N) is 1. The molecule has 0 aliphatic rings. The third-order valence-corrected chi connectivity index (χ3v) is 2.87. The van der Waals surface area contributed by atoms with Crippen LogP contribution in [-0.4, -0.2) is 16.1 Å². The summed E-state index contributed by atoms with van der Waals surface area (Å²) >= 11 is 5.99. The third kappa shape index (κ3) is 2.95. The number of carboxylic acids is 1. The maximum atomic E-state index is 10.9. The first-order valence-electron chi connectivity index (χ1n) is 5.43. The van der Waals surface area contributed by atoms with Gasteiger partial charge in [0, 0.05) is 16.8 Å². The van der Waals surface area contributed by atoms with Crippen molar-refractivity contribution in [2.24, 2.45) is 0 Å². The van der Waals surface area contributed by atoms with Crippen molar-refractivity contribution in [1.29, 1.82) is 0 Å². The number of carbonyl (C=O) groups is 1. The molecule has 6 heteroatoms. The lowest BCUT2D eigenvalue weighted by atomic mass is 10.2. The van der Waals surface area contributed by atoms with Crippen LogP contribution in [0.25, 0.3) is 0 Å². The van der Waals surface area contributed by atoms with Crippen molar-refractivity contribution >= 4 is 23.3 Å². The average Bonchev–Trinajstić information content (AvgIpc) is 2.39. The number of halogens is 1. The minimum atomic E-state index is -1.12. The van der Waals surface area contributed by atoms with Crippen molar-refractivity contribution in [3.63, 3.8) is 0 Å². The van der Waals surface area contributed by atoms with E-state index in [-0.39, 0.29) is 23.7 Å². The molecule has 0 aliphatic carbocycles. The molecule has 0 unspecified atom stereocenters. The Kier molecular flexibility index (Phi) is 3.87. The number of anilines is 1. The van der Waals surface area contributed by atoms with Gasteiger partial charge >= 0.3 is 5.97 Å². The number of nitrogens with two attached hydrogens (primary N) is 1. The van der Waals surface area contributed by atoms with E-state index in [9.17, 15) is 4.79 Å². The molecule has 0 bridgehead atoms. The second-order valence-electron chi connectivity index (χ2n) is 3.76. The highest BCUT2D eigenvalue weighted by Crippen LogP contribution is 2.24. The first kappa shape index (κ1) is 13.2. The quantitative estimate of drug-likeness (QED) is 0.898. The summed E-state index contributed by atoms with van der Waals surface area (Å²) in [5.74, 6) is -1.04. The zero-order chi connectivity index (χ0) is 13.8. The van der Waals surface area contributed by atoms with Crippen LogP contribution in [0, 0.1) is 0 Å². The molecule has 1 aromatic carbocycles. The van der Waals surface area contributed by atoms with Crippen LogP contribution in [0.4, 0.5) is 5.69 Å². The number of pyridine rings is 1. The van der Waals surface area contributed by atoms with E-state index in [0.29, 0.717) is 5.02 Å². The third-order valence-electron chi connectivity index (χ3n) is 2.51. The minimum Gasteiger partial charge on any atom is -0.478 e. The molecule has 2 aromatic rings. The average molecular weight is 279 g/mol. The monoisotopic (exact) mass is 278 g/mol. The molecule has 19 heavy (non-hydrogen) atoms. The standard InChI is InChI=1S/C13H11ClN2O3/c14-10-4-2-1-3-8(10)7-19-12-11(15)9(13(17)18)5-6-16-12/h1-6H,7,15H2,(H,17,18). The molecule has 2 rings (SSSR count). The number of aromatic carboxylic acids is 1. The van der Waals surface area contributed by atoms with E-state index in [4.69, 9.17) is 27.2 Å². The molecular weight excluding hydrogens is 268 g/mol. The molecule has 0 aliphatic heterocycles. The second-order valence-corrected chi connectivity index (χ2v) is 4.17. The fraction of sp³-hybridized carbons (Fsp3) is 0.0769. The summed E-state index contributed by atoms with van der Waals surface area (Å²) in [6, 6.07) is 8.50. The molecular formula is C13H11ClN2O3. The van der Waals surface area contributed by atoms with E-state index >= 15 is 0 Å². The molecule has 0 atom stereocenters. The number of rotatable bonds is 4. The summed E-state index contributed by atoms with van der Waals surface area (Å²) in [6.07, 6.45) is 1.34. The van der Waals surface area contributed by atoms with Crippen LogP contribution in [0.3, 0.4) is 0 Å². The van der Waals surface area contributed by atoms with Crippen LogP contribution in [0.2, 0.25) is 5.02 Å². The van der Waals surface area contributed by atoms with E-state index < -0.39 is 5.97 Å². The number of hydrogen-bond donors (Lipinski definition) is 2. The van der Waals surface area contributed by atoms with Crippen molar-refractivity contribution in [2.75, 3.05) is 5.73 Å². The van der Waals surface area contributed by atoms with Gasteiger partial charge in [0.1, 0.15) is 12.3 Å². The first-order valence-corrected chi connectivity index (χ1v) is 5.81. The van der Waals surface area contributed by atoms with Crippen LogP contribution < -0.4 is 10.5 Å². The summed E-state index contributed by atoms with van der Waals surface area (Å²) in [5.41, 5.74) is 6.42. The highest BCUT2D eigenvalue weighted by atomic mass is 35.5. The van der Waals surface area contributed by atoms with E-state index in [0.717, 1.165) is 5.56 Å². The lowest BCUT2D eigenvalue weighted by Crippen LogP contribution is -2.07. The molecule has 1 heterocycles. The Bertz CT molecular complexity index is 617. The number of benzene rings is 1. The molecule has 0 amide bonds. The molecule has 5 nitrogen and oxygen atoms in total. The van der Waals surface area contributed by atoms with Crippen molar-refractivity contribution in [3.8, 4) is 5.88 Å². The van der Waals surface area contributed by atoms with E-state index in [1.54, 1.807) is 12.1 Å². The maximum absolute atomic E-state index is 10.9. The van der Waals surface area contributed by atoms with Crippen molar-refractivity contribution in [1.82, 2.24) is 4.98 Å². The van der Waals surface area contributed by atoms with Crippen molar-refractivity contribution < 1.29 is 14.6 Å². The Morgan fingerprint density at radius 3 is 2.79 bits per heavy atom. The Morgan fingerprint density at radius 1 is 1.37 bits per heavy atom. The maximum Gasteiger partial charge on any atom is 0.338 e. The Hall–Kier alpha value is -2.27. The van der Waals surface area contributed by atoms with Gasteiger partial charge in [-0.25, -0.2) is 9.78 Å². The smallest absolute Gasteiger partial charge is 0.338 e. The molecule has 0 saturated heterocycles. The van der Waals surface area contributed by atoms with Gasteiger partial charge in [-0.15, -0.1) is 0 Å². The van der Waals surface area contributed by atoms with Crippen LogP contribution in [-0.2, 0) is 6.61 Å². The van der Waals surface area contributed by atoms with Gasteiger partial charge < -0.3 is 15.6 Å². The van der Waals surface area contributed by atoms with Gasteiger partial charge in [-0.2, -0.15) is 0 Å². The second kappa shape index (κ2) is 5.58. The fourth-order valence-corrected chi connectivity index (χ4v) is 1.71. The lowest BCUT2D eigenvalue weighted by Gasteiger charge is -2.10. The zero-order valence-corrected chi connectivity index (χ0v) is 10.6. The van der Waals surface area contributed by atoms with Crippen LogP contribution in [0.5, 0.6) is 5.88 Å². The van der Waals surface area contributed by atoms with E-state index in [1.165, 1.54) is 12.3 Å². The predicted octanol–water partition coefficient (Wildman–Crippen LogP) is 2.59. The van der Waals surface area contributed by atoms with Crippen LogP contribution >= 0.6 is 11.6 Å². The van der Waals surface area contributed by atoms with Crippen LogP contribution in [0.1, 0.15) is 15.9 Å². The Balaban J connectivity index is 2.19. The topological polar surface area (TPSA) is 85.4 Å². The number of ether oxygens (including phenoxy) is 1. The normalized spacial score (nSPS) is 10.2. The number of carboxylic acid groups (broad SMARTS) is 1. The number of hydrogen-bond acceptors (Lipinski definition) is 4. The largest absolute Gasteiger partial charge is 0.478 e. The molecule has 0 radical (unpaired) electrons. The molecule has 3 N–H and O–H groups in total. The van der Waals surface area contributed by atoms with Gasteiger partial charge in [-0.3, -0.25) is 0 Å². The van der Waals surface area contributed by atoms with E-state index in [1.807, 2.05) is 12.1 Å². The summed E-state index contributed by atoms with van der Waals surface area (Å²) in [4.78, 5) is 14.8. The summed E-state index contributed by atoms with van der Waals surface area (Å²) in [6.45, 7) is 0.167. The molecule has 1 aromatic heterocycles. The van der Waals surface area contributed by atoms with E-state index in [2.05, 4.69) is 4.98 Å². The molecule has 0 spiro atoms. The molecule has 0 saturated carbocycles. The van der Waals surface area contributed by atoms with Gasteiger partial charge in [-0.05, 0) is 12.1 Å². The highest BCUT2D eigenvalue weighted by Gasteiger charge is 2.13. The van der Waals surface area contributed by atoms with Gasteiger partial charge in [0.2, 0.25) is 5.88 Å². The molecule has 0 fully saturated rings. The zero-order valence-electron chi connectivity index (χ0n) is 9.84. The highest BCUT2D eigenvalue weighted by molar-refractivity contribution is 6.31. The predicted molar refractivity (Wildman–Crippen MR) is 71.4 cm³/mol. The first-order chi connectivity index (χ1) is 9.09. The fourth-order valence-electron chi connectivity index (χ4n) is 1.52. The summed E-state index contributed by atoms with van der Waals surface area (Å²) in [7, 11) is 0. The Labute approximate surface area is 114 Å². The summed E-state index contributed by atoms with van der Waals surface area (Å²) < 4.78 is 5.41. The van der Waals surface area contributed by atoms with Gasteiger partial charge in [0.25, 0.3) is 0 Å². The SMILES string of the molecule is Nc1c(C(=O)O)ccnc1OCc1ccccc1Cl. The Morgan fingerprint density at radius 2 is 2.11 bits per heavy atom. The lowest BCUT2D eigenvalue weighted by molar-refractivity contribution is 0.0697.